The summed E-state index contributed by atoms with van der Waals surface area (Å²) in [5, 5.41) is 10.2. The number of rotatable bonds is 2. The van der Waals surface area contributed by atoms with Crippen molar-refractivity contribution in [1.82, 2.24) is 4.98 Å². The average molecular weight is 188 g/mol. The van der Waals surface area contributed by atoms with Gasteiger partial charge in [-0.25, -0.2) is 4.21 Å². The Kier molecular flexibility index (Phi) is 2.46. The zero-order chi connectivity index (χ0) is 9.14. The average Bonchev–Trinajstić information content (AvgIpc) is 2.04. The van der Waals surface area contributed by atoms with Crippen LogP contribution in [0, 0.1) is 10.1 Å². The monoisotopic (exact) mass is 188 g/mol. The summed E-state index contributed by atoms with van der Waals surface area (Å²) in [6.45, 7) is 0. The number of aromatic nitrogens is 1. The van der Waals surface area contributed by atoms with Gasteiger partial charge < -0.3 is 4.55 Å². The van der Waals surface area contributed by atoms with Gasteiger partial charge in [0.15, 0.2) is 11.1 Å². The summed E-state index contributed by atoms with van der Waals surface area (Å²) in [6.07, 6.45) is 2.11. The molecule has 1 rings (SSSR count). The van der Waals surface area contributed by atoms with E-state index >= 15 is 0 Å². The molecule has 6 nitrogen and oxygen atoms in total. The third kappa shape index (κ3) is 1.83. The molecule has 7 heteroatoms. The highest BCUT2D eigenvalue weighted by molar-refractivity contribution is 7.79. The lowest BCUT2D eigenvalue weighted by atomic mass is 10.4. The summed E-state index contributed by atoms with van der Waals surface area (Å²) in [7, 11) is 0. The van der Waals surface area contributed by atoms with Gasteiger partial charge in [-0.2, -0.15) is 0 Å². The summed E-state index contributed by atoms with van der Waals surface area (Å²) >= 11 is -2.22. The lowest BCUT2D eigenvalue weighted by Gasteiger charge is -1.92. The Morgan fingerprint density at radius 1 is 1.58 bits per heavy atom. The van der Waals surface area contributed by atoms with Crippen LogP contribution in [0.5, 0.6) is 0 Å². The summed E-state index contributed by atoms with van der Waals surface area (Å²) in [4.78, 5) is 12.8. The first-order valence-electron chi connectivity index (χ1n) is 2.81. The van der Waals surface area contributed by atoms with Crippen LogP contribution >= 0.6 is 0 Å². The quantitative estimate of drug-likeness (QED) is 0.416. The van der Waals surface area contributed by atoms with Gasteiger partial charge in [-0.3, -0.25) is 15.1 Å². The molecule has 0 aliphatic carbocycles. The van der Waals surface area contributed by atoms with Crippen molar-refractivity contribution in [2.75, 3.05) is 0 Å². The van der Waals surface area contributed by atoms with Crippen LogP contribution in [0.25, 0.3) is 0 Å². The fourth-order valence-corrected chi connectivity index (χ4v) is 0.975. The SMILES string of the molecule is O=[N+]([O-])c1cncc(S(=O)O)c1. The van der Waals surface area contributed by atoms with Crippen molar-refractivity contribution in [1.29, 1.82) is 0 Å². The van der Waals surface area contributed by atoms with E-state index in [1.54, 1.807) is 0 Å². The van der Waals surface area contributed by atoms with Gasteiger partial charge in [0.2, 0.25) is 0 Å². The van der Waals surface area contributed by atoms with Gasteiger partial charge in [-0.15, -0.1) is 0 Å². The van der Waals surface area contributed by atoms with E-state index in [2.05, 4.69) is 4.98 Å². The Morgan fingerprint density at radius 3 is 2.75 bits per heavy atom. The minimum Gasteiger partial charge on any atom is -0.302 e. The van der Waals surface area contributed by atoms with Crippen molar-refractivity contribution in [3.05, 3.63) is 28.6 Å². The predicted molar refractivity (Wildman–Crippen MR) is 39.9 cm³/mol. The standard InChI is InChI=1S/C5H4N2O4S/c8-7(9)4-1-5(12(10)11)3-6-2-4/h1-3H,(H,10,11). The molecule has 1 N–H and O–H groups in total. The molecule has 0 radical (unpaired) electrons. The number of hydrogen-bond acceptors (Lipinski definition) is 4. The molecule has 1 atom stereocenters. The summed E-state index contributed by atoms with van der Waals surface area (Å²) in [5.41, 5.74) is -0.296. The first-order valence-corrected chi connectivity index (χ1v) is 3.92. The molecule has 0 saturated heterocycles. The van der Waals surface area contributed by atoms with Gasteiger partial charge in [-0.1, -0.05) is 0 Å². The van der Waals surface area contributed by atoms with Gasteiger partial charge in [0.05, 0.1) is 9.82 Å². The molecule has 1 aromatic heterocycles. The molecule has 12 heavy (non-hydrogen) atoms. The molecule has 64 valence electrons. The van der Waals surface area contributed by atoms with Crippen molar-refractivity contribution in [2.45, 2.75) is 4.90 Å². The highest BCUT2D eigenvalue weighted by Gasteiger charge is 2.09. The fourth-order valence-electron chi connectivity index (χ4n) is 0.603. The minimum absolute atomic E-state index is 0.0794. The van der Waals surface area contributed by atoms with E-state index in [0.29, 0.717) is 0 Å². The molecule has 1 unspecified atom stereocenters. The molecule has 0 aliphatic rings. The zero-order valence-electron chi connectivity index (χ0n) is 5.71. The second-order valence-electron chi connectivity index (χ2n) is 1.89. The maximum atomic E-state index is 10.4. The minimum atomic E-state index is -2.22. The first kappa shape index (κ1) is 8.75. The van der Waals surface area contributed by atoms with Gasteiger partial charge in [0.1, 0.15) is 6.20 Å². The first-order chi connectivity index (χ1) is 5.61. The number of nitrogens with zero attached hydrogens (tertiary/aromatic N) is 2. The van der Waals surface area contributed by atoms with Crippen LogP contribution in [-0.2, 0) is 11.1 Å². The molecule has 0 amide bonds. The van der Waals surface area contributed by atoms with E-state index in [4.69, 9.17) is 4.55 Å². The van der Waals surface area contributed by atoms with Gasteiger partial charge >= 0.3 is 0 Å². The molecule has 0 aromatic carbocycles. The Balaban J connectivity index is 3.12. The Labute approximate surface area is 69.7 Å². The molecule has 0 bridgehead atoms. The van der Waals surface area contributed by atoms with E-state index in [1.165, 1.54) is 0 Å². The normalized spacial score (nSPS) is 12.4. The van der Waals surface area contributed by atoms with Crippen LogP contribution in [0.2, 0.25) is 0 Å². The number of hydrogen-bond donors (Lipinski definition) is 1. The topological polar surface area (TPSA) is 93.3 Å². The molecule has 1 heterocycles. The number of nitro groups is 1. The smallest absolute Gasteiger partial charge is 0.288 e. The van der Waals surface area contributed by atoms with E-state index in [1.807, 2.05) is 0 Å². The maximum Gasteiger partial charge on any atom is 0.288 e. The summed E-state index contributed by atoms with van der Waals surface area (Å²) in [6, 6.07) is 1.00. The summed E-state index contributed by atoms with van der Waals surface area (Å²) in [5.74, 6) is 0. The van der Waals surface area contributed by atoms with Gasteiger partial charge in [0, 0.05) is 12.3 Å². The second kappa shape index (κ2) is 3.37. The third-order valence-corrected chi connectivity index (χ3v) is 1.74. The lowest BCUT2D eigenvalue weighted by Crippen LogP contribution is -1.93. The molecule has 0 fully saturated rings. The van der Waals surface area contributed by atoms with Crippen LogP contribution in [0.15, 0.2) is 23.4 Å². The Bertz CT molecular complexity index is 311. The number of pyridine rings is 1. The molecule has 1 aromatic rings. The van der Waals surface area contributed by atoms with E-state index in [-0.39, 0.29) is 10.6 Å². The van der Waals surface area contributed by atoms with Gasteiger partial charge in [-0.05, 0) is 0 Å². The molecule has 0 spiro atoms. The van der Waals surface area contributed by atoms with Crippen molar-refractivity contribution in [3.8, 4) is 0 Å². The van der Waals surface area contributed by atoms with Crippen LogP contribution < -0.4 is 0 Å². The third-order valence-electron chi connectivity index (χ3n) is 1.11. The Morgan fingerprint density at radius 2 is 2.25 bits per heavy atom. The second-order valence-corrected chi connectivity index (χ2v) is 2.85. The van der Waals surface area contributed by atoms with Crippen LogP contribution in [0.1, 0.15) is 0 Å². The van der Waals surface area contributed by atoms with Crippen molar-refractivity contribution in [3.63, 3.8) is 0 Å². The summed E-state index contributed by atoms with van der Waals surface area (Å²) < 4.78 is 19.0. The van der Waals surface area contributed by atoms with Crippen molar-refractivity contribution < 1.29 is 13.7 Å². The maximum absolute atomic E-state index is 10.4. The highest BCUT2D eigenvalue weighted by atomic mass is 32.2. The highest BCUT2D eigenvalue weighted by Crippen LogP contribution is 2.12. The molecule has 0 aliphatic heterocycles. The van der Waals surface area contributed by atoms with Crippen LogP contribution in [0.4, 0.5) is 5.69 Å². The fraction of sp³-hybridized carbons (Fsp3) is 0. The van der Waals surface area contributed by atoms with Crippen LogP contribution in [0.3, 0.4) is 0 Å². The van der Waals surface area contributed by atoms with Crippen LogP contribution in [-0.4, -0.2) is 18.7 Å². The van der Waals surface area contributed by atoms with E-state index < -0.39 is 16.0 Å². The predicted octanol–water partition coefficient (Wildman–Crippen LogP) is 0.570. The van der Waals surface area contributed by atoms with E-state index in [0.717, 1.165) is 18.5 Å². The molecular weight excluding hydrogens is 184 g/mol. The van der Waals surface area contributed by atoms with Crippen molar-refractivity contribution >= 4 is 16.8 Å². The lowest BCUT2D eigenvalue weighted by molar-refractivity contribution is -0.385. The zero-order valence-corrected chi connectivity index (χ0v) is 6.52. The largest absolute Gasteiger partial charge is 0.302 e. The Hall–Kier alpha value is -1.34. The molecular formula is C5H4N2O4S. The van der Waals surface area contributed by atoms with E-state index in [9.17, 15) is 14.3 Å². The van der Waals surface area contributed by atoms with Gasteiger partial charge in [0.25, 0.3) is 5.69 Å². The van der Waals surface area contributed by atoms with Crippen molar-refractivity contribution in [2.24, 2.45) is 0 Å². The molecule has 0 saturated carbocycles.